The van der Waals surface area contributed by atoms with Crippen LogP contribution in [0.3, 0.4) is 0 Å². The first-order valence-corrected chi connectivity index (χ1v) is 4.19. The molecule has 54 valence electrons. The Bertz CT molecular complexity index is 196. The smallest absolute Gasteiger partial charge is 0.177 e. The minimum Gasteiger partial charge on any atom is -0.293 e. The molecule has 0 saturated carbocycles. The molecular formula is C7H9NOS. The molecule has 1 rings (SSSR count). The van der Waals surface area contributed by atoms with Gasteiger partial charge in [-0.25, -0.2) is 0 Å². The van der Waals surface area contributed by atoms with Crippen molar-refractivity contribution in [3.8, 4) is 0 Å². The van der Waals surface area contributed by atoms with Crippen molar-refractivity contribution in [3.63, 3.8) is 0 Å². The van der Waals surface area contributed by atoms with Crippen LogP contribution < -0.4 is 0 Å². The molecule has 1 aliphatic rings. The van der Waals surface area contributed by atoms with Crippen LogP contribution in [0.1, 0.15) is 6.92 Å². The van der Waals surface area contributed by atoms with Crippen LogP contribution in [-0.4, -0.2) is 23.1 Å². The Morgan fingerprint density at radius 2 is 2.50 bits per heavy atom. The third-order valence-corrected chi connectivity index (χ3v) is 1.94. The second-order valence-electron chi connectivity index (χ2n) is 1.89. The number of ketones is 1. The van der Waals surface area contributed by atoms with E-state index in [1.165, 1.54) is 0 Å². The molecule has 0 amide bonds. The van der Waals surface area contributed by atoms with Gasteiger partial charge in [-0.15, -0.1) is 11.8 Å². The van der Waals surface area contributed by atoms with Crippen LogP contribution >= 0.6 is 11.8 Å². The van der Waals surface area contributed by atoms with E-state index in [0.717, 1.165) is 10.8 Å². The molecule has 0 spiro atoms. The fourth-order valence-electron chi connectivity index (χ4n) is 0.667. The zero-order valence-corrected chi connectivity index (χ0v) is 6.65. The summed E-state index contributed by atoms with van der Waals surface area (Å²) in [5.74, 6) is 1.11. The molecule has 2 nitrogen and oxygen atoms in total. The summed E-state index contributed by atoms with van der Waals surface area (Å²) in [7, 11) is 0. The Labute approximate surface area is 64.4 Å². The average Bonchev–Trinajstić information content (AvgIpc) is 1.95. The molecule has 0 aromatic heterocycles. The predicted octanol–water partition coefficient (Wildman–Crippen LogP) is 1.28. The van der Waals surface area contributed by atoms with Crippen LogP contribution in [0.2, 0.25) is 0 Å². The molecule has 0 bridgehead atoms. The van der Waals surface area contributed by atoms with E-state index in [-0.39, 0.29) is 5.78 Å². The van der Waals surface area contributed by atoms with Crippen LogP contribution in [0.25, 0.3) is 0 Å². The zero-order chi connectivity index (χ0) is 7.40. The molecular weight excluding hydrogens is 146 g/mol. The van der Waals surface area contributed by atoms with Gasteiger partial charge in [-0.3, -0.25) is 9.79 Å². The van der Waals surface area contributed by atoms with Gasteiger partial charge < -0.3 is 0 Å². The topological polar surface area (TPSA) is 29.4 Å². The third kappa shape index (κ3) is 1.99. The van der Waals surface area contributed by atoms with Crippen molar-refractivity contribution in [1.29, 1.82) is 0 Å². The van der Waals surface area contributed by atoms with Crippen molar-refractivity contribution in [1.82, 2.24) is 0 Å². The van der Waals surface area contributed by atoms with Crippen LogP contribution in [0.5, 0.6) is 0 Å². The minimum atomic E-state index is 0.0976. The Morgan fingerprint density at radius 1 is 1.70 bits per heavy atom. The lowest BCUT2D eigenvalue weighted by atomic mass is 10.3. The molecule has 0 fully saturated rings. The average molecular weight is 155 g/mol. The van der Waals surface area contributed by atoms with Crippen LogP contribution in [0.4, 0.5) is 0 Å². The monoisotopic (exact) mass is 155 g/mol. The number of thioether (sulfide) groups is 1. The molecule has 0 aliphatic carbocycles. The summed E-state index contributed by atoms with van der Waals surface area (Å²) in [6.45, 7) is 2.40. The number of hydrogen-bond acceptors (Lipinski definition) is 3. The lowest BCUT2D eigenvalue weighted by molar-refractivity contribution is -0.113. The highest BCUT2D eigenvalue weighted by molar-refractivity contribution is 8.14. The Morgan fingerprint density at radius 3 is 3.00 bits per heavy atom. The minimum absolute atomic E-state index is 0.0976. The molecule has 0 radical (unpaired) electrons. The van der Waals surface area contributed by atoms with Crippen molar-refractivity contribution < 1.29 is 4.79 Å². The summed E-state index contributed by atoms with van der Waals surface area (Å²) in [6.07, 6.45) is 3.37. The number of rotatable bonds is 1. The Kier molecular flexibility index (Phi) is 2.68. The van der Waals surface area contributed by atoms with E-state index >= 15 is 0 Å². The maximum atomic E-state index is 10.6. The van der Waals surface area contributed by atoms with Crippen molar-refractivity contribution in [2.75, 3.05) is 12.3 Å². The highest BCUT2D eigenvalue weighted by atomic mass is 32.2. The van der Waals surface area contributed by atoms with Gasteiger partial charge >= 0.3 is 0 Å². The second kappa shape index (κ2) is 3.56. The maximum Gasteiger partial charge on any atom is 0.177 e. The van der Waals surface area contributed by atoms with Crippen LogP contribution in [0, 0.1) is 0 Å². The Hall–Kier alpha value is -0.570. The Balaban J connectivity index is 2.50. The van der Waals surface area contributed by atoms with Gasteiger partial charge in [-0.05, 0) is 17.9 Å². The van der Waals surface area contributed by atoms with E-state index in [0.29, 0.717) is 6.54 Å². The predicted molar refractivity (Wildman–Crippen MR) is 44.6 cm³/mol. The van der Waals surface area contributed by atoms with Crippen molar-refractivity contribution in [2.45, 2.75) is 6.92 Å². The first-order chi connectivity index (χ1) is 4.83. The van der Waals surface area contributed by atoms with E-state index in [9.17, 15) is 4.79 Å². The molecule has 0 unspecified atom stereocenters. The van der Waals surface area contributed by atoms with Crippen molar-refractivity contribution >= 4 is 22.6 Å². The standard InChI is InChI=1S/C7H9NOS/c1-2-10-7-4-3-6(9)5-8-7/h3-4H,2,5H2,1H3. The van der Waals surface area contributed by atoms with E-state index in [4.69, 9.17) is 0 Å². The van der Waals surface area contributed by atoms with E-state index in [1.807, 2.05) is 0 Å². The van der Waals surface area contributed by atoms with Gasteiger partial charge in [0.25, 0.3) is 0 Å². The number of aliphatic imine (C=N–C) groups is 1. The summed E-state index contributed by atoms with van der Waals surface area (Å²) in [4.78, 5) is 14.7. The van der Waals surface area contributed by atoms with Gasteiger partial charge in [0.05, 0.1) is 5.04 Å². The third-order valence-electron chi connectivity index (χ3n) is 1.09. The molecule has 1 heterocycles. The molecule has 0 aromatic carbocycles. The molecule has 0 N–H and O–H groups in total. The van der Waals surface area contributed by atoms with E-state index < -0.39 is 0 Å². The fraction of sp³-hybridized carbons (Fsp3) is 0.429. The highest BCUT2D eigenvalue weighted by Crippen LogP contribution is 2.07. The fourth-order valence-corrected chi connectivity index (χ4v) is 1.28. The zero-order valence-electron chi connectivity index (χ0n) is 5.83. The van der Waals surface area contributed by atoms with Crippen LogP contribution in [0.15, 0.2) is 17.1 Å². The van der Waals surface area contributed by atoms with E-state index in [2.05, 4.69) is 11.9 Å². The summed E-state index contributed by atoms with van der Waals surface area (Å²) in [6, 6.07) is 0. The van der Waals surface area contributed by atoms with Gasteiger partial charge in [-0.1, -0.05) is 6.92 Å². The molecule has 0 saturated heterocycles. The van der Waals surface area contributed by atoms with Gasteiger partial charge in [0.15, 0.2) is 5.78 Å². The number of hydrogen-bond donors (Lipinski definition) is 0. The van der Waals surface area contributed by atoms with Crippen molar-refractivity contribution in [2.24, 2.45) is 4.99 Å². The lowest BCUT2D eigenvalue weighted by Gasteiger charge is -2.01. The normalized spacial score (nSPS) is 17.3. The summed E-state index contributed by atoms with van der Waals surface area (Å²) >= 11 is 1.67. The first-order valence-electron chi connectivity index (χ1n) is 3.21. The number of dihydropyridines is 1. The molecule has 0 aromatic rings. The quantitative estimate of drug-likeness (QED) is 0.570. The van der Waals surface area contributed by atoms with Gasteiger partial charge in [0, 0.05) is 0 Å². The second-order valence-corrected chi connectivity index (χ2v) is 3.17. The number of carbonyl (C=O) groups excluding carboxylic acids is 1. The van der Waals surface area contributed by atoms with Gasteiger partial charge in [-0.2, -0.15) is 0 Å². The molecule has 10 heavy (non-hydrogen) atoms. The maximum absolute atomic E-state index is 10.6. The van der Waals surface area contributed by atoms with Crippen molar-refractivity contribution in [3.05, 3.63) is 12.2 Å². The van der Waals surface area contributed by atoms with E-state index in [1.54, 1.807) is 23.9 Å². The SMILES string of the molecule is CCSC1=NCC(=O)C=C1. The van der Waals surface area contributed by atoms with Crippen LogP contribution in [-0.2, 0) is 4.79 Å². The highest BCUT2D eigenvalue weighted by Gasteiger charge is 2.02. The first kappa shape index (κ1) is 7.54. The van der Waals surface area contributed by atoms with Gasteiger partial charge in [0.1, 0.15) is 6.54 Å². The summed E-state index contributed by atoms with van der Waals surface area (Å²) < 4.78 is 0. The number of nitrogens with zero attached hydrogens (tertiary/aromatic N) is 1. The molecule has 3 heteroatoms. The molecule has 1 aliphatic heterocycles. The largest absolute Gasteiger partial charge is 0.293 e. The number of carbonyl (C=O) groups is 1. The molecule has 0 atom stereocenters. The summed E-state index contributed by atoms with van der Waals surface area (Å²) in [5.41, 5.74) is 0. The lowest BCUT2D eigenvalue weighted by Crippen LogP contribution is -2.06. The summed E-state index contributed by atoms with van der Waals surface area (Å²) in [5, 5.41) is 0.974. The van der Waals surface area contributed by atoms with Gasteiger partial charge in [0.2, 0.25) is 0 Å².